The van der Waals surface area contributed by atoms with Gasteiger partial charge in [-0.15, -0.1) is 0 Å². The van der Waals surface area contributed by atoms with Crippen LogP contribution in [0.1, 0.15) is 31.7 Å². The van der Waals surface area contributed by atoms with Crippen LogP contribution in [0.25, 0.3) is 0 Å². The van der Waals surface area contributed by atoms with E-state index >= 15 is 0 Å². The molecule has 11 nitrogen and oxygen atoms in total. The van der Waals surface area contributed by atoms with Crippen LogP contribution < -0.4 is 24.6 Å². The van der Waals surface area contributed by atoms with Crippen LogP contribution in [-0.2, 0) is 16.4 Å². The number of halogens is 1. The van der Waals surface area contributed by atoms with Crippen molar-refractivity contribution in [2.45, 2.75) is 38.6 Å². The SMILES string of the molecule is CCCS(=O)(=O)N1CCc2cccc(Nc3nc(Nc4ccc(N5CCC(N6CCN(C)CC6)CC5)cc4OC)ncc3Cl)c21. The predicted molar refractivity (Wildman–Crippen MR) is 182 cm³/mol. The first kappa shape index (κ1) is 31.7. The summed E-state index contributed by atoms with van der Waals surface area (Å²) in [6.45, 7) is 8.94. The number of ether oxygens (including phenoxy) is 1. The van der Waals surface area contributed by atoms with Crippen molar-refractivity contribution in [2.75, 3.05) is 85.6 Å². The van der Waals surface area contributed by atoms with Crippen LogP contribution in [0.3, 0.4) is 0 Å². The Morgan fingerprint density at radius 3 is 2.51 bits per heavy atom. The molecule has 2 N–H and O–H groups in total. The lowest BCUT2D eigenvalue weighted by Crippen LogP contribution is -2.52. The zero-order chi connectivity index (χ0) is 31.6. The highest BCUT2D eigenvalue weighted by molar-refractivity contribution is 7.92. The molecule has 0 atom stereocenters. The van der Waals surface area contributed by atoms with Gasteiger partial charge in [0.25, 0.3) is 0 Å². The summed E-state index contributed by atoms with van der Waals surface area (Å²) in [5.74, 6) is 1.50. The first-order valence-electron chi connectivity index (χ1n) is 15.8. The molecule has 0 saturated carbocycles. The van der Waals surface area contributed by atoms with Crippen molar-refractivity contribution in [3.05, 3.63) is 53.2 Å². The maximum Gasteiger partial charge on any atom is 0.235 e. The Labute approximate surface area is 271 Å². The van der Waals surface area contributed by atoms with Gasteiger partial charge in [0, 0.05) is 63.6 Å². The molecular formula is C32H43ClN8O3S. The van der Waals surface area contributed by atoms with E-state index in [0.29, 0.717) is 59.3 Å². The van der Waals surface area contributed by atoms with Gasteiger partial charge in [-0.3, -0.25) is 9.21 Å². The van der Waals surface area contributed by atoms with E-state index in [-0.39, 0.29) is 5.75 Å². The van der Waals surface area contributed by atoms with Gasteiger partial charge in [-0.25, -0.2) is 13.4 Å². The van der Waals surface area contributed by atoms with E-state index in [0.717, 1.165) is 69.0 Å². The first-order chi connectivity index (χ1) is 21.8. The van der Waals surface area contributed by atoms with Crippen LogP contribution in [0, 0.1) is 0 Å². The van der Waals surface area contributed by atoms with Crippen LogP contribution in [-0.4, -0.2) is 100.0 Å². The number of rotatable bonds is 10. The molecular weight excluding hydrogens is 612 g/mol. The molecule has 13 heteroatoms. The van der Waals surface area contributed by atoms with E-state index in [1.165, 1.54) is 10.5 Å². The van der Waals surface area contributed by atoms with Crippen molar-refractivity contribution >= 4 is 56.1 Å². The number of nitrogens with one attached hydrogen (secondary N) is 2. The molecule has 2 aromatic carbocycles. The minimum Gasteiger partial charge on any atom is -0.494 e. The van der Waals surface area contributed by atoms with Crippen LogP contribution >= 0.6 is 11.6 Å². The van der Waals surface area contributed by atoms with E-state index in [1.54, 1.807) is 7.11 Å². The fraction of sp³-hybridized carbons (Fsp3) is 0.500. The average molecular weight is 655 g/mol. The molecule has 6 rings (SSSR count). The maximum atomic E-state index is 13.0. The Bertz CT molecular complexity index is 1610. The van der Waals surface area contributed by atoms with E-state index < -0.39 is 10.0 Å². The van der Waals surface area contributed by atoms with Gasteiger partial charge in [0.1, 0.15) is 10.8 Å². The summed E-state index contributed by atoms with van der Waals surface area (Å²) < 4.78 is 33.3. The molecule has 2 saturated heterocycles. The quantitative estimate of drug-likeness (QED) is 0.312. The van der Waals surface area contributed by atoms with Gasteiger partial charge >= 0.3 is 0 Å². The molecule has 2 fully saturated rings. The number of nitrogens with zero attached hydrogens (tertiary/aromatic N) is 6. The minimum absolute atomic E-state index is 0.0958. The number of sulfonamides is 1. The van der Waals surface area contributed by atoms with E-state index in [4.69, 9.17) is 16.3 Å². The molecule has 0 amide bonds. The second-order valence-electron chi connectivity index (χ2n) is 12.0. The van der Waals surface area contributed by atoms with Gasteiger partial charge in [0.05, 0.1) is 36.1 Å². The van der Waals surface area contributed by atoms with E-state index in [2.05, 4.69) is 54.5 Å². The molecule has 3 aliphatic rings. The number of para-hydroxylation sites is 1. The molecule has 4 heterocycles. The lowest BCUT2D eigenvalue weighted by Gasteiger charge is -2.42. The lowest BCUT2D eigenvalue weighted by atomic mass is 10.0. The summed E-state index contributed by atoms with van der Waals surface area (Å²) in [4.78, 5) is 16.6. The molecule has 0 radical (unpaired) electrons. The number of piperidine rings is 1. The minimum atomic E-state index is -3.43. The van der Waals surface area contributed by atoms with Crippen molar-refractivity contribution in [2.24, 2.45) is 0 Å². The highest BCUT2D eigenvalue weighted by Crippen LogP contribution is 2.40. The van der Waals surface area contributed by atoms with E-state index in [9.17, 15) is 8.42 Å². The van der Waals surface area contributed by atoms with Crippen molar-refractivity contribution < 1.29 is 13.2 Å². The van der Waals surface area contributed by atoms with Crippen LogP contribution in [0.15, 0.2) is 42.6 Å². The normalized spacial score (nSPS) is 18.2. The first-order valence-corrected chi connectivity index (χ1v) is 17.8. The number of fused-ring (bicyclic) bond motifs is 1. The molecule has 3 aliphatic heterocycles. The highest BCUT2D eigenvalue weighted by Gasteiger charge is 2.31. The zero-order valence-corrected chi connectivity index (χ0v) is 27.9. The average Bonchev–Trinajstić information content (AvgIpc) is 3.50. The van der Waals surface area contributed by atoms with Crippen LogP contribution in [0.5, 0.6) is 5.75 Å². The third kappa shape index (κ3) is 6.94. The summed E-state index contributed by atoms with van der Waals surface area (Å²) in [6, 6.07) is 12.5. The third-order valence-electron chi connectivity index (χ3n) is 9.06. The number of hydrogen-bond donors (Lipinski definition) is 2. The Morgan fingerprint density at radius 2 is 1.78 bits per heavy atom. The van der Waals surface area contributed by atoms with Crippen molar-refractivity contribution in [1.82, 2.24) is 19.8 Å². The fourth-order valence-corrected chi connectivity index (χ4v) is 8.33. The van der Waals surface area contributed by atoms with Gasteiger partial charge in [-0.1, -0.05) is 30.7 Å². The van der Waals surface area contributed by atoms with Gasteiger partial charge < -0.3 is 25.2 Å². The van der Waals surface area contributed by atoms with E-state index in [1.807, 2.05) is 31.2 Å². The Hall–Kier alpha value is -3.32. The molecule has 0 aliphatic carbocycles. The lowest BCUT2D eigenvalue weighted by molar-refractivity contribution is 0.0982. The van der Waals surface area contributed by atoms with Crippen molar-refractivity contribution in [3.8, 4) is 5.75 Å². The van der Waals surface area contributed by atoms with Crippen LogP contribution in [0.4, 0.5) is 34.5 Å². The number of aromatic nitrogens is 2. The number of hydrogen-bond acceptors (Lipinski definition) is 10. The molecule has 0 bridgehead atoms. The predicted octanol–water partition coefficient (Wildman–Crippen LogP) is 4.94. The Balaban J connectivity index is 1.15. The summed E-state index contributed by atoms with van der Waals surface area (Å²) >= 11 is 6.53. The van der Waals surface area contributed by atoms with Gasteiger partial charge in [0.15, 0.2) is 5.82 Å². The maximum absolute atomic E-state index is 13.0. The summed E-state index contributed by atoms with van der Waals surface area (Å²) in [7, 11) is 0.431. The van der Waals surface area contributed by atoms with Gasteiger partial charge in [-0.05, 0) is 56.5 Å². The molecule has 0 spiro atoms. The summed E-state index contributed by atoms with van der Waals surface area (Å²) in [6.07, 6.45) is 5.05. The number of piperazine rings is 1. The molecule has 3 aromatic rings. The summed E-state index contributed by atoms with van der Waals surface area (Å²) in [5.41, 5.74) is 4.12. The topological polar surface area (TPSA) is 106 Å². The number of benzene rings is 2. The Morgan fingerprint density at radius 1 is 1.00 bits per heavy atom. The monoisotopic (exact) mass is 654 g/mol. The third-order valence-corrected chi connectivity index (χ3v) is 11.3. The highest BCUT2D eigenvalue weighted by atomic mass is 35.5. The molecule has 45 heavy (non-hydrogen) atoms. The Kier molecular flexibility index (Phi) is 9.55. The fourth-order valence-electron chi connectivity index (χ4n) is 6.59. The second kappa shape index (κ2) is 13.6. The van der Waals surface area contributed by atoms with Gasteiger partial charge in [-0.2, -0.15) is 4.98 Å². The molecule has 0 unspecified atom stereocenters. The smallest absolute Gasteiger partial charge is 0.235 e. The largest absolute Gasteiger partial charge is 0.494 e. The van der Waals surface area contributed by atoms with Crippen molar-refractivity contribution in [1.29, 1.82) is 0 Å². The standard InChI is InChI=1S/C32H43ClN8O3S/c1-4-20-45(42,43)41-15-10-23-6-5-7-28(30(23)41)35-31-26(33)22-34-32(37-31)36-27-9-8-25(21-29(27)44-3)39-13-11-24(12-14-39)40-18-16-38(2)17-19-40/h5-9,21-22,24H,4,10-20H2,1-3H3,(H2,34,35,36,37). The molecule has 242 valence electrons. The molecule has 1 aromatic heterocycles. The number of methoxy groups -OCH3 is 1. The zero-order valence-electron chi connectivity index (χ0n) is 26.3. The van der Waals surface area contributed by atoms with Crippen LogP contribution in [0.2, 0.25) is 5.02 Å². The number of anilines is 6. The van der Waals surface area contributed by atoms with Crippen molar-refractivity contribution in [3.63, 3.8) is 0 Å². The van der Waals surface area contributed by atoms with Gasteiger partial charge in [0.2, 0.25) is 16.0 Å². The number of likely N-dealkylation sites (N-methyl/N-ethyl adjacent to an activating group) is 1. The second-order valence-corrected chi connectivity index (χ2v) is 14.5. The summed E-state index contributed by atoms with van der Waals surface area (Å²) in [5, 5.41) is 6.88.